The Morgan fingerprint density at radius 2 is 2.16 bits per heavy atom. The van der Waals surface area contributed by atoms with Crippen LogP contribution in [0.4, 0.5) is 4.39 Å². The third-order valence-electron chi connectivity index (χ3n) is 4.72. The first-order chi connectivity index (χ1) is 12.1. The van der Waals surface area contributed by atoms with E-state index >= 15 is 0 Å². The van der Waals surface area contributed by atoms with E-state index in [9.17, 15) is 9.50 Å². The highest BCUT2D eigenvalue weighted by Crippen LogP contribution is 2.33. The van der Waals surface area contributed by atoms with Crippen LogP contribution in [0.2, 0.25) is 0 Å². The van der Waals surface area contributed by atoms with Crippen molar-refractivity contribution >= 4 is 10.9 Å². The molecule has 1 aromatic heterocycles. The summed E-state index contributed by atoms with van der Waals surface area (Å²) < 4.78 is 19.0. The third kappa shape index (κ3) is 3.10. The molecule has 5 nitrogen and oxygen atoms in total. The number of fused-ring (bicyclic) bond motifs is 1. The summed E-state index contributed by atoms with van der Waals surface area (Å²) in [4.78, 5) is 1.93. The summed E-state index contributed by atoms with van der Waals surface area (Å²) in [6, 6.07) is 12.1. The van der Waals surface area contributed by atoms with Crippen LogP contribution in [0.15, 0.2) is 42.6 Å². The molecule has 2 atom stereocenters. The molecule has 2 N–H and O–H groups in total. The lowest BCUT2D eigenvalue weighted by atomic mass is 10.0. The number of ether oxygens (including phenoxy) is 1. The molecule has 6 heteroatoms. The summed E-state index contributed by atoms with van der Waals surface area (Å²) in [5.41, 5.74) is 4.03. The molecule has 0 amide bonds. The van der Waals surface area contributed by atoms with Gasteiger partial charge in [0.15, 0.2) is 0 Å². The molecular weight excluding hydrogens is 321 g/mol. The Morgan fingerprint density at radius 1 is 1.28 bits per heavy atom. The van der Waals surface area contributed by atoms with E-state index in [4.69, 9.17) is 4.74 Å². The maximum absolute atomic E-state index is 13.5. The number of rotatable bonds is 4. The maximum Gasteiger partial charge on any atom is 0.140 e. The second-order valence-electron chi connectivity index (χ2n) is 6.48. The minimum Gasteiger partial charge on any atom is -0.496 e. The molecule has 0 spiro atoms. The Kier molecular flexibility index (Phi) is 4.15. The van der Waals surface area contributed by atoms with E-state index in [1.807, 2.05) is 35.2 Å². The Bertz CT molecular complexity index is 885. The Hall–Kier alpha value is -2.44. The molecule has 1 aliphatic heterocycles. The number of nitrogens with one attached hydrogen (secondary N) is 1. The van der Waals surface area contributed by atoms with Gasteiger partial charge in [0.1, 0.15) is 11.9 Å². The zero-order valence-electron chi connectivity index (χ0n) is 13.9. The van der Waals surface area contributed by atoms with E-state index in [2.05, 4.69) is 16.3 Å². The Morgan fingerprint density at radius 3 is 2.92 bits per heavy atom. The van der Waals surface area contributed by atoms with E-state index in [0.717, 1.165) is 33.3 Å². The predicted octanol–water partition coefficient (Wildman–Crippen LogP) is 2.75. The largest absolute Gasteiger partial charge is 0.496 e. The van der Waals surface area contributed by atoms with Crippen LogP contribution >= 0.6 is 0 Å². The number of aliphatic hydroxyl groups is 1. The number of aromatic amines is 1. The average Bonchev–Trinajstić information content (AvgIpc) is 3.20. The van der Waals surface area contributed by atoms with Crippen LogP contribution in [0, 0.1) is 0 Å². The molecule has 130 valence electrons. The summed E-state index contributed by atoms with van der Waals surface area (Å²) in [5.74, 6) is 0.785. The number of aromatic nitrogens is 2. The number of aliphatic hydroxyl groups excluding tert-OH is 1. The van der Waals surface area contributed by atoms with E-state index in [1.54, 1.807) is 13.3 Å². The average molecular weight is 341 g/mol. The fourth-order valence-corrected chi connectivity index (χ4v) is 3.39. The topological polar surface area (TPSA) is 61.4 Å². The highest BCUT2D eigenvalue weighted by molar-refractivity contribution is 5.85. The summed E-state index contributed by atoms with van der Waals surface area (Å²) in [6.07, 6.45) is -0.264. The van der Waals surface area contributed by atoms with Gasteiger partial charge in [-0.1, -0.05) is 18.2 Å². The SMILES string of the molecule is COc1ccc(CN2C[C@@H](O)[C@H](F)C2)cc1-c1ccc2cn[nH]c2c1. The molecule has 25 heavy (non-hydrogen) atoms. The summed E-state index contributed by atoms with van der Waals surface area (Å²) >= 11 is 0. The van der Waals surface area contributed by atoms with Gasteiger partial charge < -0.3 is 9.84 Å². The van der Waals surface area contributed by atoms with Crippen LogP contribution in [0.3, 0.4) is 0 Å². The summed E-state index contributed by atoms with van der Waals surface area (Å²) in [6.45, 7) is 1.23. The monoisotopic (exact) mass is 341 g/mol. The number of H-pyrrole nitrogens is 1. The van der Waals surface area contributed by atoms with Crippen molar-refractivity contribution in [3.63, 3.8) is 0 Å². The molecule has 1 saturated heterocycles. The molecule has 1 aliphatic rings. The van der Waals surface area contributed by atoms with Gasteiger partial charge in [-0.15, -0.1) is 0 Å². The van der Waals surface area contributed by atoms with Crippen LogP contribution in [0.1, 0.15) is 5.56 Å². The van der Waals surface area contributed by atoms with Gasteiger partial charge in [-0.2, -0.15) is 5.10 Å². The van der Waals surface area contributed by atoms with Crippen molar-refractivity contribution in [3.05, 3.63) is 48.2 Å². The van der Waals surface area contributed by atoms with Crippen molar-refractivity contribution in [2.45, 2.75) is 18.8 Å². The first-order valence-electron chi connectivity index (χ1n) is 8.29. The number of β-amino-alcohol motifs (C(OH)–C–C–N with tert-alkyl or cyclic N) is 1. The molecule has 4 rings (SSSR count). The van der Waals surface area contributed by atoms with Crippen LogP contribution < -0.4 is 4.74 Å². The summed E-state index contributed by atoms with van der Waals surface area (Å²) in [7, 11) is 1.65. The maximum atomic E-state index is 13.5. The number of alkyl halides is 1. The Labute approximate surface area is 145 Å². The van der Waals surface area contributed by atoms with Crippen molar-refractivity contribution in [2.24, 2.45) is 0 Å². The van der Waals surface area contributed by atoms with Crippen molar-refractivity contribution in [1.82, 2.24) is 15.1 Å². The number of halogens is 1. The van der Waals surface area contributed by atoms with Crippen molar-refractivity contribution < 1.29 is 14.2 Å². The van der Waals surface area contributed by atoms with Gasteiger partial charge in [0.05, 0.1) is 24.9 Å². The van der Waals surface area contributed by atoms with Gasteiger partial charge in [0.25, 0.3) is 0 Å². The molecule has 3 aromatic rings. The zero-order valence-corrected chi connectivity index (χ0v) is 13.9. The zero-order chi connectivity index (χ0) is 17.4. The van der Waals surface area contributed by atoms with Gasteiger partial charge in [0, 0.05) is 30.6 Å². The second-order valence-corrected chi connectivity index (χ2v) is 6.48. The third-order valence-corrected chi connectivity index (χ3v) is 4.72. The molecule has 0 unspecified atom stereocenters. The molecule has 0 saturated carbocycles. The van der Waals surface area contributed by atoms with Gasteiger partial charge in [-0.3, -0.25) is 10.00 Å². The van der Waals surface area contributed by atoms with Gasteiger partial charge in [-0.25, -0.2) is 4.39 Å². The van der Waals surface area contributed by atoms with E-state index in [1.165, 1.54) is 0 Å². The lowest BCUT2D eigenvalue weighted by molar-refractivity contribution is 0.115. The molecule has 0 bridgehead atoms. The molecule has 0 radical (unpaired) electrons. The van der Waals surface area contributed by atoms with Crippen LogP contribution in [-0.4, -0.2) is 52.7 Å². The molecule has 1 fully saturated rings. The van der Waals surface area contributed by atoms with E-state index < -0.39 is 12.3 Å². The smallest absolute Gasteiger partial charge is 0.140 e. The number of hydrogen-bond acceptors (Lipinski definition) is 4. The molecule has 0 aliphatic carbocycles. The van der Waals surface area contributed by atoms with Crippen molar-refractivity contribution in [2.75, 3.05) is 20.2 Å². The normalized spacial score (nSPS) is 21.1. The van der Waals surface area contributed by atoms with Crippen LogP contribution in [-0.2, 0) is 6.54 Å². The van der Waals surface area contributed by atoms with Crippen LogP contribution in [0.25, 0.3) is 22.0 Å². The number of hydrogen-bond donors (Lipinski definition) is 2. The predicted molar refractivity (Wildman–Crippen MR) is 94.3 cm³/mol. The highest BCUT2D eigenvalue weighted by Gasteiger charge is 2.30. The molecular formula is C19H20FN3O2. The standard InChI is InChI=1S/C19H20FN3O2/c1-25-19-5-2-12(9-23-10-16(20)18(24)11-23)6-15(19)13-3-4-14-8-21-22-17(14)7-13/h2-8,16,18,24H,9-11H2,1H3,(H,21,22)/t16-,18-/m1/s1. The minimum absolute atomic E-state index is 0.267. The minimum atomic E-state index is -1.17. The lowest BCUT2D eigenvalue weighted by Gasteiger charge is -2.17. The quantitative estimate of drug-likeness (QED) is 0.766. The second kappa shape index (κ2) is 6.46. The van der Waals surface area contributed by atoms with Gasteiger partial charge in [-0.05, 0) is 29.3 Å². The van der Waals surface area contributed by atoms with Gasteiger partial charge >= 0.3 is 0 Å². The number of methoxy groups -OCH3 is 1. The van der Waals surface area contributed by atoms with Gasteiger partial charge in [0.2, 0.25) is 0 Å². The Balaban J connectivity index is 1.66. The number of likely N-dealkylation sites (tertiary alicyclic amines) is 1. The molecule has 2 aromatic carbocycles. The lowest BCUT2D eigenvalue weighted by Crippen LogP contribution is -2.21. The fraction of sp³-hybridized carbons (Fsp3) is 0.316. The fourth-order valence-electron chi connectivity index (χ4n) is 3.39. The van der Waals surface area contributed by atoms with Crippen molar-refractivity contribution in [3.8, 4) is 16.9 Å². The van der Waals surface area contributed by atoms with E-state index in [0.29, 0.717) is 13.1 Å². The summed E-state index contributed by atoms with van der Waals surface area (Å²) in [5, 5.41) is 17.7. The number of benzene rings is 2. The van der Waals surface area contributed by atoms with Crippen LogP contribution in [0.5, 0.6) is 5.75 Å². The van der Waals surface area contributed by atoms with E-state index in [-0.39, 0.29) is 6.54 Å². The van der Waals surface area contributed by atoms with Crippen molar-refractivity contribution in [1.29, 1.82) is 0 Å². The number of nitrogens with zero attached hydrogens (tertiary/aromatic N) is 2. The first-order valence-corrected chi connectivity index (χ1v) is 8.29. The molecule has 2 heterocycles. The first kappa shape index (κ1) is 16.1. The highest BCUT2D eigenvalue weighted by atomic mass is 19.1.